The summed E-state index contributed by atoms with van der Waals surface area (Å²) in [7, 11) is 0. The average molecular weight is 224 g/mol. The summed E-state index contributed by atoms with van der Waals surface area (Å²) in [6.45, 7) is 0. The Kier molecular flexibility index (Phi) is 2.43. The van der Waals surface area contributed by atoms with Crippen LogP contribution < -0.4 is 10.3 Å². The van der Waals surface area contributed by atoms with E-state index in [2.05, 4.69) is 5.43 Å². The zero-order valence-electron chi connectivity index (χ0n) is 9.21. The van der Waals surface area contributed by atoms with E-state index in [1.807, 2.05) is 66.9 Å². The molecule has 0 aliphatic carbocycles. The van der Waals surface area contributed by atoms with Gasteiger partial charge in [-0.15, -0.1) is 5.17 Å². The van der Waals surface area contributed by atoms with Gasteiger partial charge in [0, 0.05) is 5.56 Å². The Labute approximate surface area is 99.9 Å². The monoisotopic (exact) mass is 224 g/mol. The third-order valence-electron chi connectivity index (χ3n) is 2.52. The third-order valence-corrected chi connectivity index (χ3v) is 2.52. The van der Waals surface area contributed by atoms with E-state index in [0.29, 0.717) is 0 Å². The number of benzene rings is 2. The first kappa shape index (κ1) is 9.78. The summed E-state index contributed by atoms with van der Waals surface area (Å²) < 4.78 is 0. The molecule has 0 saturated carbocycles. The molecule has 0 fully saturated rings. The highest BCUT2D eigenvalue weighted by Gasteiger charge is 2.10. The predicted molar refractivity (Wildman–Crippen MR) is 68.0 cm³/mol. The molecule has 2 aromatic carbocycles. The quantitative estimate of drug-likeness (QED) is 0.847. The van der Waals surface area contributed by atoms with E-state index in [0.717, 1.165) is 17.0 Å². The van der Waals surface area contributed by atoms with Crippen LogP contribution in [0.1, 0.15) is 5.56 Å². The van der Waals surface area contributed by atoms with Crippen molar-refractivity contribution in [1.29, 1.82) is 0 Å². The molecule has 0 amide bonds. The van der Waals surface area contributed by atoms with Gasteiger partial charge in [-0.25, -0.2) is 0 Å². The molecule has 3 heteroatoms. The average Bonchev–Trinajstić information content (AvgIpc) is 2.40. The molecule has 0 spiro atoms. The van der Waals surface area contributed by atoms with Crippen LogP contribution in [-0.2, 0) is 0 Å². The van der Waals surface area contributed by atoms with E-state index in [-0.39, 0.29) is 0 Å². The van der Waals surface area contributed by atoms with Gasteiger partial charge in [0.25, 0.3) is 0 Å². The van der Waals surface area contributed by atoms with E-state index in [1.54, 1.807) is 5.17 Å². The molecule has 1 heterocycles. The van der Waals surface area contributed by atoms with Gasteiger partial charge in [0.1, 0.15) is 0 Å². The Bertz CT molecular complexity index is 537. The van der Waals surface area contributed by atoms with Gasteiger partial charge < -0.3 is 4.84 Å². The van der Waals surface area contributed by atoms with Gasteiger partial charge in [0.2, 0.25) is 0 Å². The standard InChI is InChI=1S/C14H12N2O/c1-2-7-13(8-3-1)15-16-11-10-12-6-4-5-9-14(12)17-16/h1-11,15H. The highest BCUT2D eigenvalue weighted by Crippen LogP contribution is 2.24. The fourth-order valence-electron chi connectivity index (χ4n) is 1.69. The summed E-state index contributed by atoms with van der Waals surface area (Å²) in [4.78, 5) is 5.67. The van der Waals surface area contributed by atoms with Crippen LogP contribution in [0.25, 0.3) is 6.08 Å². The number of fused-ring (bicyclic) bond motifs is 1. The number of anilines is 1. The molecule has 3 rings (SSSR count). The Balaban J connectivity index is 1.77. The Morgan fingerprint density at radius 2 is 1.65 bits per heavy atom. The van der Waals surface area contributed by atoms with Gasteiger partial charge in [0.05, 0.1) is 11.9 Å². The predicted octanol–water partition coefficient (Wildman–Crippen LogP) is 3.29. The second-order valence-electron chi connectivity index (χ2n) is 3.75. The zero-order valence-corrected chi connectivity index (χ0v) is 9.21. The summed E-state index contributed by atoms with van der Waals surface area (Å²) in [5.74, 6) is 0.846. The number of para-hydroxylation sites is 2. The molecule has 0 bridgehead atoms. The largest absolute Gasteiger partial charge is 0.359 e. The number of hydrogen-bond donors (Lipinski definition) is 1. The molecule has 0 saturated heterocycles. The first-order valence-electron chi connectivity index (χ1n) is 5.48. The van der Waals surface area contributed by atoms with Crippen molar-refractivity contribution in [1.82, 2.24) is 5.17 Å². The van der Waals surface area contributed by atoms with Gasteiger partial charge >= 0.3 is 0 Å². The maximum absolute atomic E-state index is 5.67. The number of rotatable bonds is 2. The lowest BCUT2D eigenvalue weighted by Crippen LogP contribution is -2.29. The van der Waals surface area contributed by atoms with Crippen molar-refractivity contribution in [3.63, 3.8) is 0 Å². The van der Waals surface area contributed by atoms with Crippen LogP contribution in [0, 0.1) is 0 Å². The maximum Gasteiger partial charge on any atom is 0.165 e. The van der Waals surface area contributed by atoms with Crippen LogP contribution in [0.2, 0.25) is 0 Å². The molecular formula is C14H12N2O. The summed E-state index contributed by atoms with van der Waals surface area (Å²) in [5.41, 5.74) is 5.21. The fourth-order valence-corrected chi connectivity index (χ4v) is 1.69. The van der Waals surface area contributed by atoms with E-state index in [9.17, 15) is 0 Å². The summed E-state index contributed by atoms with van der Waals surface area (Å²) >= 11 is 0. The molecule has 0 unspecified atom stereocenters. The molecule has 0 aromatic heterocycles. The lowest BCUT2D eigenvalue weighted by Gasteiger charge is -2.25. The van der Waals surface area contributed by atoms with Crippen molar-refractivity contribution in [2.45, 2.75) is 0 Å². The van der Waals surface area contributed by atoms with Crippen LogP contribution in [-0.4, -0.2) is 5.17 Å². The number of hydrazine groups is 1. The minimum Gasteiger partial charge on any atom is -0.359 e. The van der Waals surface area contributed by atoms with Crippen LogP contribution in [0.4, 0.5) is 5.69 Å². The smallest absolute Gasteiger partial charge is 0.165 e. The van der Waals surface area contributed by atoms with Crippen LogP contribution >= 0.6 is 0 Å². The van der Waals surface area contributed by atoms with Crippen LogP contribution in [0.5, 0.6) is 5.75 Å². The molecule has 1 aliphatic rings. The van der Waals surface area contributed by atoms with Crippen LogP contribution in [0.15, 0.2) is 60.8 Å². The van der Waals surface area contributed by atoms with Gasteiger partial charge in [-0.1, -0.05) is 36.4 Å². The first-order valence-corrected chi connectivity index (χ1v) is 5.48. The molecule has 1 N–H and O–H groups in total. The highest BCUT2D eigenvalue weighted by molar-refractivity contribution is 5.58. The van der Waals surface area contributed by atoms with Gasteiger partial charge in [-0.2, -0.15) is 0 Å². The lowest BCUT2D eigenvalue weighted by molar-refractivity contribution is 0.0174. The van der Waals surface area contributed by atoms with E-state index in [1.165, 1.54) is 0 Å². The SMILES string of the molecule is C1=CN(Nc2ccccc2)Oc2ccccc21. The van der Waals surface area contributed by atoms with E-state index < -0.39 is 0 Å². The highest BCUT2D eigenvalue weighted by atomic mass is 16.7. The number of nitrogens with one attached hydrogen (secondary N) is 1. The summed E-state index contributed by atoms with van der Waals surface area (Å²) in [5, 5.41) is 1.59. The molecule has 84 valence electrons. The molecular weight excluding hydrogens is 212 g/mol. The van der Waals surface area contributed by atoms with E-state index in [4.69, 9.17) is 4.84 Å². The van der Waals surface area contributed by atoms with Crippen molar-refractivity contribution in [3.05, 3.63) is 66.4 Å². The number of hydrogen-bond acceptors (Lipinski definition) is 3. The van der Waals surface area contributed by atoms with Gasteiger partial charge in [-0.05, 0) is 24.3 Å². The molecule has 17 heavy (non-hydrogen) atoms. The third kappa shape index (κ3) is 2.08. The second-order valence-corrected chi connectivity index (χ2v) is 3.75. The van der Waals surface area contributed by atoms with Crippen LogP contribution in [0.3, 0.4) is 0 Å². The Morgan fingerprint density at radius 3 is 2.53 bits per heavy atom. The summed E-state index contributed by atoms with van der Waals surface area (Å²) in [6, 6.07) is 17.8. The topological polar surface area (TPSA) is 24.5 Å². The minimum absolute atomic E-state index is 0.846. The van der Waals surface area contributed by atoms with Crippen molar-refractivity contribution in [3.8, 4) is 5.75 Å². The Hall–Kier alpha value is -2.42. The Morgan fingerprint density at radius 1 is 0.882 bits per heavy atom. The van der Waals surface area contributed by atoms with Gasteiger partial charge in [0.15, 0.2) is 5.75 Å². The summed E-state index contributed by atoms with van der Waals surface area (Å²) in [6.07, 6.45) is 3.87. The molecule has 0 radical (unpaired) electrons. The number of hydroxylamine groups is 1. The van der Waals surface area contributed by atoms with Crippen molar-refractivity contribution >= 4 is 11.8 Å². The maximum atomic E-state index is 5.67. The molecule has 3 nitrogen and oxygen atoms in total. The zero-order chi connectivity index (χ0) is 11.5. The minimum atomic E-state index is 0.846. The van der Waals surface area contributed by atoms with E-state index >= 15 is 0 Å². The van der Waals surface area contributed by atoms with Gasteiger partial charge in [-0.3, -0.25) is 5.43 Å². The first-order chi connectivity index (χ1) is 8.42. The molecule has 1 aliphatic heterocycles. The van der Waals surface area contributed by atoms with Crippen molar-refractivity contribution < 1.29 is 4.84 Å². The fraction of sp³-hybridized carbons (Fsp3) is 0. The second kappa shape index (κ2) is 4.22. The van der Waals surface area contributed by atoms with Crippen molar-refractivity contribution in [2.24, 2.45) is 0 Å². The molecule has 0 atom stereocenters. The van der Waals surface area contributed by atoms with Crippen molar-refractivity contribution in [2.75, 3.05) is 5.43 Å². The normalized spacial score (nSPS) is 12.8. The molecule has 2 aromatic rings. The number of nitrogens with zero attached hydrogens (tertiary/aromatic N) is 1. The lowest BCUT2D eigenvalue weighted by atomic mass is 10.2.